The summed E-state index contributed by atoms with van der Waals surface area (Å²) in [4.78, 5) is 0. The molecule has 0 amide bonds. The molecule has 0 spiro atoms. The van der Waals surface area contributed by atoms with Gasteiger partial charge in [0.05, 0.1) is 0 Å². The number of aromatic nitrogens is 2. The maximum Gasteiger partial charge on any atom is 0.217 e. The van der Waals surface area contributed by atoms with Crippen LogP contribution in [0.1, 0.15) is 63.7 Å². The van der Waals surface area contributed by atoms with Crippen LogP contribution in [0.2, 0.25) is 0 Å². The van der Waals surface area contributed by atoms with Crippen molar-refractivity contribution in [3.8, 4) is 0 Å². The zero-order valence-electron chi connectivity index (χ0n) is 11.9. The third-order valence-corrected chi connectivity index (χ3v) is 3.09. The van der Waals surface area contributed by atoms with Gasteiger partial charge < -0.3 is 9.73 Å². The largest absolute Gasteiger partial charge is 0.425 e. The third-order valence-electron chi connectivity index (χ3n) is 3.09. The lowest BCUT2D eigenvalue weighted by Crippen LogP contribution is -2.10. The second-order valence-electron chi connectivity index (χ2n) is 4.81. The average Bonchev–Trinajstić information content (AvgIpc) is 2.83. The van der Waals surface area contributed by atoms with Crippen LogP contribution in [0.15, 0.2) is 4.42 Å². The normalized spacial score (nSPS) is 11.0. The topological polar surface area (TPSA) is 51.0 Å². The maximum atomic E-state index is 5.57. The maximum absolute atomic E-state index is 5.57. The van der Waals surface area contributed by atoms with Gasteiger partial charge in [-0.2, -0.15) is 0 Å². The first-order valence-electron chi connectivity index (χ1n) is 7.32. The molecule has 1 rings (SSSR count). The van der Waals surface area contributed by atoms with E-state index in [1.807, 2.05) is 7.05 Å². The van der Waals surface area contributed by atoms with Crippen LogP contribution in [0.5, 0.6) is 0 Å². The Kier molecular flexibility index (Phi) is 8.47. The highest BCUT2D eigenvalue weighted by atomic mass is 16.4. The number of likely N-dealkylation sites (N-methyl/N-ethyl adjacent to an activating group) is 1. The van der Waals surface area contributed by atoms with Crippen molar-refractivity contribution in [2.24, 2.45) is 0 Å². The van der Waals surface area contributed by atoms with Crippen molar-refractivity contribution in [1.82, 2.24) is 15.5 Å². The number of hydrogen-bond donors (Lipinski definition) is 1. The number of nitrogens with zero attached hydrogens (tertiary/aromatic N) is 2. The van der Waals surface area contributed by atoms with Gasteiger partial charge >= 0.3 is 0 Å². The first-order chi connectivity index (χ1) is 8.86. The monoisotopic (exact) mass is 253 g/mol. The van der Waals surface area contributed by atoms with E-state index in [4.69, 9.17) is 4.42 Å². The van der Waals surface area contributed by atoms with Crippen molar-refractivity contribution in [2.45, 2.75) is 64.7 Å². The van der Waals surface area contributed by atoms with Gasteiger partial charge in [-0.3, -0.25) is 0 Å². The Morgan fingerprint density at radius 2 is 1.50 bits per heavy atom. The van der Waals surface area contributed by atoms with Crippen LogP contribution >= 0.6 is 0 Å². The molecule has 0 saturated heterocycles. The van der Waals surface area contributed by atoms with E-state index in [1.54, 1.807) is 0 Å². The van der Waals surface area contributed by atoms with Crippen molar-refractivity contribution in [2.75, 3.05) is 13.6 Å². The molecule has 1 N–H and O–H groups in total. The Morgan fingerprint density at radius 1 is 0.889 bits per heavy atom. The highest BCUT2D eigenvalue weighted by Crippen LogP contribution is 2.10. The van der Waals surface area contributed by atoms with E-state index < -0.39 is 0 Å². The molecule has 0 fully saturated rings. The Morgan fingerprint density at radius 3 is 2.17 bits per heavy atom. The average molecular weight is 253 g/mol. The zero-order valence-corrected chi connectivity index (χ0v) is 11.9. The van der Waals surface area contributed by atoms with Gasteiger partial charge in [-0.15, -0.1) is 10.2 Å². The Balaban J connectivity index is 2.03. The van der Waals surface area contributed by atoms with Crippen LogP contribution in [0.4, 0.5) is 0 Å². The number of nitrogens with one attached hydrogen (secondary N) is 1. The van der Waals surface area contributed by atoms with Gasteiger partial charge in [0.1, 0.15) is 0 Å². The molecule has 1 heterocycles. The molecule has 0 bridgehead atoms. The fourth-order valence-corrected chi connectivity index (χ4v) is 1.96. The minimum atomic E-state index is 0.752. The lowest BCUT2D eigenvalue weighted by Gasteiger charge is -1.99. The summed E-state index contributed by atoms with van der Waals surface area (Å²) >= 11 is 0. The molecule has 4 heteroatoms. The second kappa shape index (κ2) is 10.1. The summed E-state index contributed by atoms with van der Waals surface area (Å²) in [5, 5.41) is 11.2. The highest BCUT2D eigenvalue weighted by Gasteiger charge is 2.04. The first kappa shape index (κ1) is 15.2. The van der Waals surface area contributed by atoms with Crippen LogP contribution in [0.25, 0.3) is 0 Å². The third kappa shape index (κ3) is 6.74. The summed E-state index contributed by atoms with van der Waals surface area (Å²) in [5.74, 6) is 1.55. The second-order valence-corrected chi connectivity index (χ2v) is 4.81. The predicted octanol–water partition coefficient (Wildman–Crippen LogP) is 3.12. The van der Waals surface area contributed by atoms with Crippen LogP contribution in [0.3, 0.4) is 0 Å². The summed E-state index contributed by atoms with van der Waals surface area (Å²) in [5.41, 5.74) is 0. The van der Waals surface area contributed by atoms with Crippen LogP contribution in [-0.2, 0) is 12.8 Å². The Bertz CT molecular complexity index is 299. The molecule has 18 heavy (non-hydrogen) atoms. The van der Waals surface area contributed by atoms with Gasteiger partial charge in [0, 0.05) is 19.4 Å². The van der Waals surface area contributed by atoms with E-state index >= 15 is 0 Å². The summed E-state index contributed by atoms with van der Waals surface area (Å²) in [6.07, 6.45) is 11.0. The highest BCUT2D eigenvalue weighted by molar-refractivity contribution is 4.82. The van der Waals surface area contributed by atoms with Crippen molar-refractivity contribution < 1.29 is 4.42 Å². The molecule has 1 aromatic rings. The van der Waals surface area contributed by atoms with Crippen molar-refractivity contribution in [1.29, 1.82) is 0 Å². The van der Waals surface area contributed by atoms with Gasteiger partial charge in [0.15, 0.2) is 0 Å². The van der Waals surface area contributed by atoms with Crippen LogP contribution < -0.4 is 5.32 Å². The number of unbranched alkanes of at least 4 members (excludes halogenated alkanes) is 6. The lowest BCUT2D eigenvalue weighted by atomic mass is 10.1. The molecule has 4 nitrogen and oxygen atoms in total. The molecule has 0 saturated carbocycles. The van der Waals surface area contributed by atoms with Crippen LogP contribution in [-0.4, -0.2) is 23.8 Å². The molecular formula is C14H27N3O. The molecule has 0 atom stereocenters. The van der Waals surface area contributed by atoms with E-state index in [-0.39, 0.29) is 0 Å². The molecule has 1 aromatic heterocycles. The summed E-state index contributed by atoms with van der Waals surface area (Å²) in [6, 6.07) is 0. The SMILES string of the molecule is CCCCCCCCCc1nnc(CCNC)o1. The van der Waals surface area contributed by atoms with E-state index in [0.29, 0.717) is 0 Å². The summed E-state index contributed by atoms with van der Waals surface area (Å²) in [7, 11) is 1.93. The standard InChI is InChI=1S/C14H27N3O/c1-3-4-5-6-7-8-9-10-13-16-17-14(18-13)11-12-15-2/h15H,3-12H2,1-2H3. The van der Waals surface area contributed by atoms with Gasteiger partial charge in [0.25, 0.3) is 0 Å². The smallest absolute Gasteiger partial charge is 0.217 e. The van der Waals surface area contributed by atoms with Gasteiger partial charge in [-0.25, -0.2) is 0 Å². The zero-order chi connectivity index (χ0) is 13.1. The van der Waals surface area contributed by atoms with Gasteiger partial charge in [-0.05, 0) is 13.5 Å². The quantitative estimate of drug-likeness (QED) is 0.616. The summed E-state index contributed by atoms with van der Waals surface area (Å²) < 4.78 is 5.57. The molecule has 104 valence electrons. The Hall–Kier alpha value is -0.900. The summed E-state index contributed by atoms with van der Waals surface area (Å²) in [6.45, 7) is 3.14. The van der Waals surface area contributed by atoms with Gasteiger partial charge in [0.2, 0.25) is 11.8 Å². The molecular weight excluding hydrogens is 226 g/mol. The predicted molar refractivity (Wildman–Crippen MR) is 73.6 cm³/mol. The fraction of sp³-hybridized carbons (Fsp3) is 0.857. The van der Waals surface area contributed by atoms with Crippen molar-refractivity contribution >= 4 is 0 Å². The number of rotatable bonds is 11. The fourth-order valence-electron chi connectivity index (χ4n) is 1.96. The molecule has 0 aromatic carbocycles. The molecule has 0 aliphatic carbocycles. The Labute approximate surface area is 111 Å². The van der Waals surface area contributed by atoms with Crippen molar-refractivity contribution in [3.63, 3.8) is 0 Å². The number of aryl methyl sites for hydroxylation is 1. The molecule has 0 aliphatic rings. The van der Waals surface area contributed by atoms with E-state index in [9.17, 15) is 0 Å². The minimum absolute atomic E-state index is 0.752. The molecule has 0 radical (unpaired) electrons. The lowest BCUT2D eigenvalue weighted by molar-refractivity contribution is 0.437. The first-order valence-corrected chi connectivity index (χ1v) is 7.32. The van der Waals surface area contributed by atoms with E-state index in [1.165, 1.54) is 44.9 Å². The van der Waals surface area contributed by atoms with Gasteiger partial charge in [-0.1, -0.05) is 45.4 Å². The minimum Gasteiger partial charge on any atom is -0.425 e. The number of hydrogen-bond acceptors (Lipinski definition) is 4. The molecule has 0 aliphatic heterocycles. The van der Waals surface area contributed by atoms with E-state index in [2.05, 4.69) is 22.4 Å². The van der Waals surface area contributed by atoms with Crippen LogP contribution in [0, 0.1) is 0 Å². The van der Waals surface area contributed by atoms with Crippen molar-refractivity contribution in [3.05, 3.63) is 11.8 Å². The molecule has 0 unspecified atom stereocenters. The van der Waals surface area contributed by atoms with E-state index in [0.717, 1.165) is 31.2 Å².